The number of likely N-dealkylation sites (tertiary alicyclic amines) is 1. The van der Waals surface area contributed by atoms with Gasteiger partial charge in [-0.15, -0.1) is 11.3 Å². The van der Waals surface area contributed by atoms with Gasteiger partial charge in [0.15, 0.2) is 0 Å². The zero-order valence-electron chi connectivity index (χ0n) is 16.0. The quantitative estimate of drug-likeness (QED) is 0.428. The van der Waals surface area contributed by atoms with Gasteiger partial charge in [-0.1, -0.05) is 15.9 Å². The highest BCUT2D eigenvalue weighted by Gasteiger charge is 2.18. The molecule has 0 bridgehead atoms. The number of anilines is 2. The highest BCUT2D eigenvalue weighted by atomic mass is 79.9. The summed E-state index contributed by atoms with van der Waals surface area (Å²) < 4.78 is 16.2. The van der Waals surface area contributed by atoms with Crippen LogP contribution in [0.25, 0.3) is 21.1 Å². The van der Waals surface area contributed by atoms with Crippen molar-refractivity contribution < 1.29 is 9.50 Å². The summed E-state index contributed by atoms with van der Waals surface area (Å²) in [4.78, 5) is 15.5. The van der Waals surface area contributed by atoms with Gasteiger partial charge in [0.2, 0.25) is 0 Å². The summed E-state index contributed by atoms with van der Waals surface area (Å²) in [5.74, 6) is 0.0521. The SMILES string of the molecule is OC1CCN(Cc2nc3ccc(Nc4ncnc5cc(Br)cc(F)c45)cc3s2)CC1. The molecule has 0 atom stereocenters. The lowest BCUT2D eigenvalue weighted by Crippen LogP contribution is -2.35. The molecule has 5 rings (SSSR count). The van der Waals surface area contributed by atoms with Gasteiger partial charge in [-0.05, 0) is 43.2 Å². The number of hydrogen-bond acceptors (Lipinski definition) is 7. The van der Waals surface area contributed by atoms with Gasteiger partial charge >= 0.3 is 0 Å². The maximum Gasteiger partial charge on any atom is 0.144 e. The molecule has 2 aromatic heterocycles. The van der Waals surface area contributed by atoms with Crippen molar-refractivity contribution in [3.05, 3.63) is 52.0 Å². The van der Waals surface area contributed by atoms with E-state index >= 15 is 0 Å². The lowest BCUT2D eigenvalue weighted by molar-refractivity contribution is 0.0792. The molecule has 9 heteroatoms. The van der Waals surface area contributed by atoms with Crippen molar-refractivity contribution in [3.8, 4) is 0 Å². The second-order valence-corrected chi connectivity index (χ2v) is 9.46. The molecule has 0 spiro atoms. The molecule has 1 aliphatic rings. The monoisotopic (exact) mass is 487 g/mol. The Morgan fingerprint density at radius 3 is 2.83 bits per heavy atom. The standard InChI is InChI=1S/C21H19BrFN5OS/c22-12-7-15(23)20-17(8-12)24-11-25-21(20)26-13-1-2-16-18(9-13)30-19(27-16)10-28-5-3-14(29)4-6-28/h1-2,7-9,11,14,29H,3-6,10H2,(H,24,25,26). The van der Waals surface area contributed by atoms with Crippen LogP contribution in [0.5, 0.6) is 0 Å². The minimum Gasteiger partial charge on any atom is -0.393 e. The van der Waals surface area contributed by atoms with Gasteiger partial charge in [0.1, 0.15) is 23.0 Å². The number of aromatic nitrogens is 3. The van der Waals surface area contributed by atoms with Crippen molar-refractivity contribution in [3.63, 3.8) is 0 Å². The molecule has 0 saturated carbocycles. The predicted molar refractivity (Wildman–Crippen MR) is 121 cm³/mol. The second kappa shape index (κ2) is 8.14. The topological polar surface area (TPSA) is 74.2 Å². The van der Waals surface area contributed by atoms with Crippen LogP contribution in [-0.2, 0) is 6.54 Å². The number of benzene rings is 2. The fraction of sp³-hybridized carbons (Fsp3) is 0.286. The number of halogens is 2. The third-order valence-corrected chi connectivity index (χ3v) is 6.73. The van der Waals surface area contributed by atoms with Crippen LogP contribution in [0.1, 0.15) is 17.8 Å². The molecule has 154 valence electrons. The first-order valence-corrected chi connectivity index (χ1v) is 11.3. The van der Waals surface area contributed by atoms with E-state index in [2.05, 4.69) is 36.1 Å². The smallest absolute Gasteiger partial charge is 0.144 e. The van der Waals surface area contributed by atoms with E-state index in [1.54, 1.807) is 17.4 Å². The number of hydrogen-bond donors (Lipinski definition) is 2. The fourth-order valence-electron chi connectivity index (χ4n) is 3.73. The maximum absolute atomic E-state index is 14.5. The van der Waals surface area contributed by atoms with E-state index in [9.17, 15) is 9.50 Å². The Labute approximate surface area is 184 Å². The molecule has 1 saturated heterocycles. The van der Waals surface area contributed by atoms with Crippen LogP contribution in [0.3, 0.4) is 0 Å². The number of piperidine rings is 1. The number of aliphatic hydroxyl groups is 1. The molecule has 6 nitrogen and oxygen atoms in total. The molecule has 0 unspecified atom stereocenters. The molecule has 2 aromatic carbocycles. The Morgan fingerprint density at radius 2 is 2.00 bits per heavy atom. The summed E-state index contributed by atoms with van der Waals surface area (Å²) in [5, 5.41) is 14.3. The third kappa shape index (κ3) is 4.02. The van der Waals surface area contributed by atoms with Crippen molar-refractivity contribution in [2.24, 2.45) is 0 Å². The van der Waals surface area contributed by atoms with E-state index in [4.69, 9.17) is 4.98 Å². The molecule has 0 radical (unpaired) electrons. The summed E-state index contributed by atoms with van der Waals surface area (Å²) in [6, 6.07) is 9.08. The molecule has 1 fully saturated rings. The minimum atomic E-state index is -0.379. The van der Waals surface area contributed by atoms with Gasteiger partial charge in [0, 0.05) is 23.2 Å². The zero-order chi connectivity index (χ0) is 20.7. The first-order chi connectivity index (χ1) is 14.5. The lowest BCUT2D eigenvalue weighted by Gasteiger charge is -2.28. The normalized spacial score (nSPS) is 15.8. The maximum atomic E-state index is 14.5. The Bertz CT molecular complexity index is 1220. The number of fused-ring (bicyclic) bond motifs is 2. The number of nitrogens with zero attached hydrogens (tertiary/aromatic N) is 4. The Morgan fingerprint density at radius 1 is 1.17 bits per heavy atom. The molecule has 30 heavy (non-hydrogen) atoms. The Balaban J connectivity index is 1.40. The van der Waals surface area contributed by atoms with Crippen molar-refractivity contribution in [2.45, 2.75) is 25.5 Å². The van der Waals surface area contributed by atoms with Gasteiger partial charge in [-0.2, -0.15) is 0 Å². The molecule has 0 amide bonds. The van der Waals surface area contributed by atoms with Crippen LogP contribution in [0.2, 0.25) is 0 Å². The van der Waals surface area contributed by atoms with Crippen molar-refractivity contribution in [1.82, 2.24) is 19.9 Å². The van der Waals surface area contributed by atoms with E-state index in [-0.39, 0.29) is 11.9 Å². The molecular weight excluding hydrogens is 469 g/mol. The number of aliphatic hydroxyl groups excluding tert-OH is 1. The average Bonchev–Trinajstić information content (AvgIpc) is 3.11. The summed E-state index contributed by atoms with van der Waals surface area (Å²) in [6.45, 7) is 2.59. The highest BCUT2D eigenvalue weighted by Crippen LogP contribution is 2.31. The van der Waals surface area contributed by atoms with Crippen LogP contribution in [0.15, 0.2) is 41.1 Å². The summed E-state index contributed by atoms with van der Waals surface area (Å²) in [7, 11) is 0. The van der Waals surface area contributed by atoms with Crippen LogP contribution >= 0.6 is 27.3 Å². The molecule has 3 heterocycles. The minimum absolute atomic E-state index is 0.172. The van der Waals surface area contributed by atoms with Crippen molar-refractivity contribution in [2.75, 3.05) is 18.4 Å². The highest BCUT2D eigenvalue weighted by molar-refractivity contribution is 9.10. The van der Waals surface area contributed by atoms with Crippen molar-refractivity contribution >= 4 is 59.9 Å². The summed E-state index contributed by atoms with van der Waals surface area (Å²) in [5.41, 5.74) is 2.30. The van der Waals surface area contributed by atoms with E-state index < -0.39 is 0 Å². The predicted octanol–water partition coefficient (Wildman–Crippen LogP) is 4.84. The van der Waals surface area contributed by atoms with Crippen LogP contribution in [0.4, 0.5) is 15.9 Å². The van der Waals surface area contributed by atoms with E-state index in [0.29, 0.717) is 21.2 Å². The zero-order valence-corrected chi connectivity index (χ0v) is 18.4. The van der Waals surface area contributed by atoms with Gasteiger partial charge in [-0.25, -0.2) is 19.3 Å². The second-order valence-electron chi connectivity index (χ2n) is 7.43. The summed E-state index contributed by atoms with van der Waals surface area (Å²) in [6.07, 6.45) is 2.89. The third-order valence-electron chi connectivity index (χ3n) is 5.27. The number of thiazole rings is 1. The van der Waals surface area contributed by atoms with Crippen LogP contribution < -0.4 is 5.32 Å². The molecule has 4 aromatic rings. The van der Waals surface area contributed by atoms with Gasteiger partial charge in [-0.3, -0.25) is 4.90 Å². The fourth-order valence-corrected chi connectivity index (χ4v) is 5.19. The Kier molecular flexibility index (Phi) is 5.36. The molecule has 0 aliphatic carbocycles. The first-order valence-electron chi connectivity index (χ1n) is 9.72. The van der Waals surface area contributed by atoms with Crippen molar-refractivity contribution in [1.29, 1.82) is 0 Å². The molecular formula is C21H19BrFN5OS. The van der Waals surface area contributed by atoms with Gasteiger partial charge < -0.3 is 10.4 Å². The molecule has 1 aliphatic heterocycles. The first kappa shape index (κ1) is 19.7. The van der Waals surface area contributed by atoms with E-state index in [1.165, 1.54) is 12.4 Å². The largest absolute Gasteiger partial charge is 0.393 e. The summed E-state index contributed by atoms with van der Waals surface area (Å²) >= 11 is 4.96. The van der Waals surface area contributed by atoms with Crippen LogP contribution in [0, 0.1) is 5.82 Å². The van der Waals surface area contributed by atoms with E-state index in [1.807, 2.05) is 18.2 Å². The van der Waals surface area contributed by atoms with Gasteiger partial charge in [0.05, 0.1) is 33.8 Å². The lowest BCUT2D eigenvalue weighted by atomic mass is 10.1. The number of rotatable bonds is 4. The Hall–Kier alpha value is -2.20. The van der Waals surface area contributed by atoms with Crippen LogP contribution in [-0.4, -0.2) is 44.2 Å². The van der Waals surface area contributed by atoms with E-state index in [0.717, 1.165) is 53.4 Å². The van der Waals surface area contributed by atoms with Gasteiger partial charge in [0.25, 0.3) is 0 Å². The average molecular weight is 488 g/mol. The number of nitrogens with one attached hydrogen (secondary N) is 1. The molecule has 2 N–H and O–H groups in total.